The van der Waals surface area contributed by atoms with Crippen LogP contribution < -0.4 is 16.4 Å². The number of alkyl carbamates (subject to hydrolysis) is 1. The molecule has 0 saturated heterocycles. The molecule has 2 atom stereocenters. The van der Waals surface area contributed by atoms with Crippen molar-refractivity contribution >= 4 is 40.3 Å². The van der Waals surface area contributed by atoms with Gasteiger partial charge in [0, 0.05) is 18.2 Å². The molecule has 0 aliphatic heterocycles. The van der Waals surface area contributed by atoms with Gasteiger partial charge in [0.15, 0.2) is 0 Å². The lowest BCUT2D eigenvalue weighted by Crippen LogP contribution is -2.53. The number of anilines is 1. The lowest BCUT2D eigenvalue weighted by atomic mass is 9.95. The Bertz CT molecular complexity index is 1490. The number of nitrogens with one attached hydrogen (secondary N) is 2. The fourth-order valence-electron chi connectivity index (χ4n) is 5.07. The maximum absolute atomic E-state index is 14.3. The first-order valence-corrected chi connectivity index (χ1v) is 14.3. The van der Waals surface area contributed by atoms with Crippen molar-refractivity contribution in [3.63, 3.8) is 0 Å². The third-order valence-corrected chi connectivity index (χ3v) is 7.13. The first-order chi connectivity index (χ1) is 19.8. The Morgan fingerprint density at radius 3 is 2.29 bits per heavy atom. The standard InChI is InChI=1S/C33H40N4O5/c1-20-10-15-26(21(2)18-20)29(30(39)35-24-12-11-22-8-6-7-9-23(22)19-24)37(25-13-14-25)31(40)27(16-17-28(34)38)36-32(41)42-33(3,4)5/h6-12,15,18-19,25,27,29H,13-14,16-17H2,1-5H3,(H2,34,38)(H,35,39)(H,36,41). The van der Waals surface area contributed by atoms with E-state index >= 15 is 0 Å². The highest BCUT2D eigenvalue weighted by Crippen LogP contribution is 2.37. The largest absolute Gasteiger partial charge is 0.444 e. The molecule has 1 fully saturated rings. The van der Waals surface area contributed by atoms with E-state index in [1.165, 1.54) is 0 Å². The van der Waals surface area contributed by atoms with Crippen LogP contribution in [-0.4, -0.2) is 46.4 Å². The van der Waals surface area contributed by atoms with Crippen LogP contribution in [-0.2, 0) is 19.1 Å². The van der Waals surface area contributed by atoms with Crippen molar-refractivity contribution in [1.29, 1.82) is 0 Å². The van der Waals surface area contributed by atoms with Crippen LogP contribution in [0.2, 0.25) is 0 Å². The van der Waals surface area contributed by atoms with Crippen molar-refractivity contribution in [2.24, 2.45) is 5.73 Å². The van der Waals surface area contributed by atoms with Crippen LogP contribution in [0.4, 0.5) is 10.5 Å². The third kappa shape index (κ3) is 7.87. The zero-order valence-corrected chi connectivity index (χ0v) is 24.9. The second-order valence-corrected chi connectivity index (χ2v) is 12.0. The summed E-state index contributed by atoms with van der Waals surface area (Å²) < 4.78 is 5.40. The Morgan fingerprint density at radius 2 is 1.67 bits per heavy atom. The smallest absolute Gasteiger partial charge is 0.408 e. The minimum atomic E-state index is -1.12. The topological polar surface area (TPSA) is 131 Å². The Morgan fingerprint density at radius 1 is 0.976 bits per heavy atom. The molecule has 0 bridgehead atoms. The fourth-order valence-corrected chi connectivity index (χ4v) is 5.07. The number of hydrogen-bond acceptors (Lipinski definition) is 5. The van der Waals surface area contributed by atoms with Gasteiger partial charge in [0.05, 0.1) is 0 Å². The molecule has 4 N–H and O–H groups in total. The molecule has 2 unspecified atom stereocenters. The van der Waals surface area contributed by atoms with Gasteiger partial charge in [-0.1, -0.05) is 54.1 Å². The molecular formula is C33H40N4O5. The van der Waals surface area contributed by atoms with E-state index in [0.717, 1.165) is 21.9 Å². The van der Waals surface area contributed by atoms with E-state index in [-0.39, 0.29) is 24.8 Å². The molecule has 9 nitrogen and oxygen atoms in total. The average molecular weight is 573 g/mol. The number of carbonyl (C=O) groups excluding carboxylic acids is 4. The minimum Gasteiger partial charge on any atom is -0.444 e. The van der Waals surface area contributed by atoms with Crippen LogP contribution in [0.25, 0.3) is 10.8 Å². The quantitative estimate of drug-likeness (QED) is 0.304. The highest BCUT2D eigenvalue weighted by molar-refractivity contribution is 6.01. The van der Waals surface area contributed by atoms with Gasteiger partial charge in [0.2, 0.25) is 11.8 Å². The Kier molecular flexibility index (Phi) is 9.19. The lowest BCUT2D eigenvalue weighted by Gasteiger charge is -2.35. The number of amides is 4. The van der Waals surface area contributed by atoms with E-state index in [9.17, 15) is 19.2 Å². The molecule has 1 saturated carbocycles. The number of aryl methyl sites for hydroxylation is 2. The van der Waals surface area contributed by atoms with E-state index in [1.54, 1.807) is 25.7 Å². The number of rotatable bonds is 10. The number of ether oxygens (including phenoxy) is 1. The van der Waals surface area contributed by atoms with Crippen molar-refractivity contribution in [2.45, 2.75) is 84.0 Å². The van der Waals surface area contributed by atoms with Gasteiger partial charge in [-0.15, -0.1) is 0 Å². The molecule has 0 radical (unpaired) electrons. The number of nitrogens with two attached hydrogens (primary N) is 1. The second-order valence-electron chi connectivity index (χ2n) is 12.0. The highest BCUT2D eigenvalue weighted by Gasteiger charge is 2.44. The molecular weight excluding hydrogens is 532 g/mol. The predicted octanol–water partition coefficient (Wildman–Crippen LogP) is 5.29. The molecule has 0 aromatic heterocycles. The van der Waals surface area contributed by atoms with Gasteiger partial charge >= 0.3 is 6.09 Å². The van der Waals surface area contributed by atoms with E-state index in [1.807, 2.05) is 74.5 Å². The van der Waals surface area contributed by atoms with Crippen molar-refractivity contribution in [2.75, 3.05) is 5.32 Å². The summed E-state index contributed by atoms with van der Waals surface area (Å²) in [6.07, 6.45) is 0.492. The second kappa shape index (κ2) is 12.6. The van der Waals surface area contributed by atoms with E-state index in [2.05, 4.69) is 10.6 Å². The molecule has 1 aliphatic carbocycles. The minimum absolute atomic E-state index is 0.0253. The third-order valence-electron chi connectivity index (χ3n) is 7.13. The number of hydrogen-bond donors (Lipinski definition) is 3. The van der Waals surface area contributed by atoms with Gasteiger partial charge in [-0.2, -0.15) is 0 Å². The molecule has 3 aromatic rings. The normalized spacial score (nSPS) is 14.5. The van der Waals surface area contributed by atoms with Gasteiger partial charge in [-0.05, 0) is 87.9 Å². The number of benzene rings is 3. The lowest BCUT2D eigenvalue weighted by molar-refractivity contribution is -0.141. The number of carbonyl (C=O) groups is 4. The molecule has 42 heavy (non-hydrogen) atoms. The van der Waals surface area contributed by atoms with Gasteiger partial charge < -0.3 is 26.0 Å². The molecule has 3 aromatic carbocycles. The average Bonchev–Trinajstić information content (AvgIpc) is 3.74. The highest BCUT2D eigenvalue weighted by atomic mass is 16.6. The SMILES string of the molecule is Cc1ccc(C(C(=O)Nc2ccc3ccccc3c2)N(C(=O)C(CCC(N)=O)NC(=O)OC(C)(C)C)C2CC2)c(C)c1. The van der Waals surface area contributed by atoms with Crippen LogP contribution in [0.5, 0.6) is 0 Å². The summed E-state index contributed by atoms with van der Waals surface area (Å²) in [5.41, 5.74) is 7.80. The number of fused-ring (bicyclic) bond motifs is 1. The maximum atomic E-state index is 14.3. The zero-order valence-electron chi connectivity index (χ0n) is 24.9. The first kappa shape index (κ1) is 30.6. The number of nitrogens with zero attached hydrogens (tertiary/aromatic N) is 1. The van der Waals surface area contributed by atoms with Crippen molar-refractivity contribution in [1.82, 2.24) is 10.2 Å². The van der Waals surface area contributed by atoms with Crippen LogP contribution in [0.3, 0.4) is 0 Å². The fraction of sp³-hybridized carbons (Fsp3) is 0.394. The summed E-state index contributed by atoms with van der Waals surface area (Å²) in [4.78, 5) is 54.4. The van der Waals surface area contributed by atoms with E-state index < -0.39 is 35.6 Å². The monoisotopic (exact) mass is 572 g/mol. The number of primary amides is 1. The Labute approximate surface area is 246 Å². The van der Waals surface area contributed by atoms with Gasteiger partial charge in [0.1, 0.15) is 17.7 Å². The summed E-state index contributed by atoms with van der Waals surface area (Å²) in [5.74, 6) is -1.44. The van der Waals surface area contributed by atoms with Gasteiger partial charge in [-0.25, -0.2) is 4.79 Å². The van der Waals surface area contributed by atoms with Gasteiger partial charge in [-0.3, -0.25) is 14.4 Å². The van der Waals surface area contributed by atoms with Gasteiger partial charge in [0.25, 0.3) is 5.91 Å². The summed E-state index contributed by atoms with van der Waals surface area (Å²) >= 11 is 0. The van der Waals surface area contributed by atoms with Crippen LogP contribution >= 0.6 is 0 Å². The van der Waals surface area contributed by atoms with Crippen molar-refractivity contribution in [3.05, 3.63) is 77.4 Å². The van der Waals surface area contributed by atoms with Crippen molar-refractivity contribution in [3.8, 4) is 0 Å². The maximum Gasteiger partial charge on any atom is 0.408 e. The van der Waals surface area contributed by atoms with Crippen LogP contribution in [0.1, 0.15) is 69.2 Å². The first-order valence-electron chi connectivity index (χ1n) is 14.3. The zero-order chi connectivity index (χ0) is 30.6. The molecule has 4 amide bonds. The Balaban J connectivity index is 1.72. The summed E-state index contributed by atoms with van der Waals surface area (Å²) in [5, 5.41) is 7.69. The van der Waals surface area contributed by atoms with Crippen molar-refractivity contribution < 1.29 is 23.9 Å². The van der Waals surface area contributed by atoms with Crippen LogP contribution in [0.15, 0.2) is 60.7 Å². The van der Waals surface area contributed by atoms with E-state index in [4.69, 9.17) is 10.5 Å². The molecule has 222 valence electrons. The molecule has 4 rings (SSSR count). The van der Waals surface area contributed by atoms with E-state index in [0.29, 0.717) is 24.1 Å². The summed E-state index contributed by atoms with van der Waals surface area (Å²) in [7, 11) is 0. The molecule has 1 aliphatic rings. The summed E-state index contributed by atoms with van der Waals surface area (Å²) in [6, 6.07) is 17.0. The molecule has 9 heteroatoms. The van der Waals surface area contributed by atoms with Crippen LogP contribution in [0, 0.1) is 13.8 Å². The molecule has 0 spiro atoms. The Hall–Kier alpha value is -4.40. The molecule has 0 heterocycles. The predicted molar refractivity (Wildman–Crippen MR) is 163 cm³/mol. The summed E-state index contributed by atoms with van der Waals surface area (Å²) in [6.45, 7) is 9.04.